The van der Waals surface area contributed by atoms with Crippen LogP contribution in [-0.2, 0) is 12.7 Å². The quantitative estimate of drug-likeness (QED) is 0.596. The maximum atomic E-state index is 12.6. The predicted molar refractivity (Wildman–Crippen MR) is 85.9 cm³/mol. The zero-order chi connectivity index (χ0) is 16.4. The molecule has 2 aromatic carbocycles. The third-order valence-electron chi connectivity index (χ3n) is 3.43. The second kappa shape index (κ2) is 6.20. The number of hydrogen-bond donors (Lipinski definition) is 0. The lowest BCUT2D eigenvalue weighted by Crippen LogP contribution is -2.06. The van der Waals surface area contributed by atoms with Crippen LogP contribution in [0.5, 0.6) is 0 Å². The first-order valence-electron chi connectivity index (χ1n) is 6.87. The molecule has 0 N–H and O–H groups in total. The van der Waals surface area contributed by atoms with Crippen LogP contribution in [0.3, 0.4) is 0 Å². The van der Waals surface area contributed by atoms with E-state index in [0.717, 1.165) is 33.6 Å². The van der Waals surface area contributed by atoms with Crippen LogP contribution in [0.2, 0.25) is 0 Å². The summed E-state index contributed by atoms with van der Waals surface area (Å²) in [6, 6.07) is 12.9. The molecule has 0 fully saturated rings. The number of imidazole rings is 1. The minimum atomic E-state index is -4.31. The van der Waals surface area contributed by atoms with Crippen LogP contribution in [0.4, 0.5) is 13.2 Å². The molecule has 1 heterocycles. The van der Waals surface area contributed by atoms with E-state index < -0.39 is 11.7 Å². The van der Waals surface area contributed by atoms with E-state index >= 15 is 0 Å². The Kier molecular flexibility index (Phi) is 4.26. The number of aromatic nitrogens is 2. The van der Waals surface area contributed by atoms with Gasteiger partial charge in [0.1, 0.15) is 5.82 Å². The second-order valence-electron chi connectivity index (χ2n) is 5.08. The highest BCUT2D eigenvalue weighted by Gasteiger charge is 2.29. The Morgan fingerprint density at radius 3 is 2.43 bits per heavy atom. The SMILES string of the molecule is FC(F)(F)c1ccc(Cn2ccnc2-c2cccc(Br)c2)cc1. The highest BCUT2D eigenvalue weighted by Crippen LogP contribution is 2.29. The highest BCUT2D eigenvalue weighted by atomic mass is 79.9. The number of benzene rings is 2. The van der Waals surface area contributed by atoms with Gasteiger partial charge in [-0.1, -0.05) is 40.2 Å². The summed E-state index contributed by atoms with van der Waals surface area (Å²) in [6.07, 6.45) is -0.816. The van der Waals surface area contributed by atoms with Crippen LogP contribution < -0.4 is 0 Å². The lowest BCUT2D eigenvalue weighted by Gasteiger charge is -2.10. The number of rotatable bonds is 3. The van der Waals surface area contributed by atoms with Gasteiger partial charge in [0.25, 0.3) is 0 Å². The molecule has 6 heteroatoms. The summed E-state index contributed by atoms with van der Waals surface area (Å²) in [4.78, 5) is 4.34. The molecule has 0 amide bonds. The van der Waals surface area contributed by atoms with Crippen molar-refractivity contribution in [2.24, 2.45) is 0 Å². The zero-order valence-corrected chi connectivity index (χ0v) is 13.5. The van der Waals surface area contributed by atoms with Gasteiger partial charge in [0.15, 0.2) is 0 Å². The van der Waals surface area contributed by atoms with Crippen LogP contribution in [0.25, 0.3) is 11.4 Å². The van der Waals surface area contributed by atoms with Crippen molar-refractivity contribution in [1.82, 2.24) is 9.55 Å². The summed E-state index contributed by atoms with van der Waals surface area (Å²) in [5, 5.41) is 0. The van der Waals surface area contributed by atoms with E-state index in [2.05, 4.69) is 20.9 Å². The topological polar surface area (TPSA) is 17.8 Å². The van der Waals surface area contributed by atoms with E-state index in [1.54, 1.807) is 6.20 Å². The first-order valence-corrected chi connectivity index (χ1v) is 7.66. The first-order chi connectivity index (χ1) is 10.9. The van der Waals surface area contributed by atoms with Gasteiger partial charge >= 0.3 is 6.18 Å². The third-order valence-corrected chi connectivity index (χ3v) is 3.93. The van der Waals surface area contributed by atoms with Gasteiger partial charge in [-0.2, -0.15) is 13.2 Å². The standard InChI is InChI=1S/C17H12BrF3N2/c18-15-3-1-2-13(10-15)16-22-8-9-23(16)11-12-4-6-14(7-5-12)17(19,20)21/h1-10H,11H2. The molecule has 23 heavy (non-hydrogen) atoms. The average Bonchev–Trinajstić information content (AvgIpc) is 2.95. The number of nitrogens with zero attached hydrogens (tertiary/aromatic N) is 2. The normalized spacial score (nSPS) is 11.7. The van der Waals surface area contributed by atoms with Crippen molar-refractivity contribution in [2.75, 3.05) is 0 Å². The molecule has 118 valence electrons. The predicted octanol–water partition coefficient (Wildman–Crippen LogP) is 5.38. The van der Waals surface area contributed by atoms with Crippen molar-refractivity contribution in [2.45, 2.75) is 12.7 Å². The Morgan fingerprint density at radius 2 is 1.78 bits per heavy atom. The molecule has 0 aliphatic heterocycles. The van der Waals surface area contributed by atoms with Gasteiger partial charge in [0.2, 0.25) is 0 Å². The fourth-order valence-corrected chi connectivity index (χ4v) is 2.72. The molecular weight excluding hydrogens is 369 g/mol. The van der Waals surface area contributed by atoms with Crippen molar-refractivity contribution >= 4 is 15.9 Å². The zero-order valence-electron chi connectivity index (χ0n) is 11.9. The maximum Gasteiger partial charge on any atom is 0.416 e. The van der Waals surface area contributed by atoms with E-state index in [0.29, 0.717) is 6.54 Å². The summed E-state index contributed by atoms with van der Waals surface area (Å²) in [6.45, 7) is 0.458. The summed E-state index contributed by atoms with van der Waals surface area (Å²) < 4.78 is 40.7. The van der Waals surface area contributed by atoms with Crippen LogP contribution >= 0.6 is 15.9 Å². The molecule has 3 rings (SSSR count). The number of hydrogen-bond acceptors (Lipinski definition) is 1. The Bertz CT molecular complexity index is 807. The Balaban J connectivity index is 1.86. The van der Waals surface area contributed by atoms with Gasteiger partial charge in [0.05, 0.1) is 5.56 Å². The van der Waals surface area contributed by atoms with Gasteiger partial charge in [-0.3, -0.25) is 0 Å². The van der Waals surface area contributed by atoms with Crippen molar-refractivity contribution in [3.8, 4) is 11.4 Å². The lowest BCUT2D eigenvalue weighted by atomic mass is 10.1. The van der Waals surface area contributed by atoms with Crippen molar-refractivity contribution in [3.05, 3.63) is 76.5 Å². The van der Waals surface area contributed by atoms with Crippen molar-refractivity contribution in [1.29, 1.82) is 0 Å². The smallest absolute Gasteiger partial charge is 0.327 e. The molecule has 3 aromatic rings. The number of halogens is 4. The van der Waals surface area contributed by atoms with E-state index in [1.807, 2.05) is 35.0 Å². The van der Waals surface area contributed by atoms with Gasteiger partial charge in [0, 0.05) is 29.0 Å². The molecule has 0 saturated heterocycles. The third kappa shape index (κ3) is 3.64. The van der Waals surface area contributed by atoms with E-state index in [-0.39, 0.29) is 0 Å². The van der Waals surface area contributed by atoms with Gasteiger partial charge < -0.3 is 4.57 Å². The summed E-state index contributed by atoms with van der Waals surface area (Å²) >= 11 is 3.42. The molecule has 0 saturated carbocycles. The van der Waals surface area contributed by atoms with E-state index in [4.69, 9.17) is 0 Å². The molecule has 0 radical (unpaired) electrons. The summed E-state index contributed by atoms with van der Waals surface area (Å²) in [5.41, 5.74) is 1.09. The van der Waals surface area contributed by atoms with Crippen LogP contribution in [0.1, 0.15) is 11.1 Å². The molecule has 2 nitrogen and oxygen atoms in total. The molecule has 0 bridgehead atoms. The average molecular weight is 381 g/mol. The molecule has 0 aliphatic rings. The Labute approximate surface area is 139 Å². The monoisotopic (exact) mass is 380 g/mol. The van der Waals surface area contributed by atoms with Crippen LogP contribution in [0, 0.1) is 0 Å². The van der Waals surface area contributed by atoms with Gasteiger partial charge in [-0.15, -0.1) is 0 Å². The summed E-state index contributed by atoms with van der Waals surface area (Å²) in [7, 11) is 0. The van der Waals surface area contributed by atoms with Gasteiger partial charge in [-0.05, 0) is 29.8 Å². The van der Waals surface area contributed by atoms with Crippen molar-refractivity contribution < 1.29 is 13.2 Å². The molecule has 1 aromatic heterocycles. The van der Waals surface area contributed by atoms with E-state index in [9.17, 15) is 13.2 Å². The molecule has 0 aliphatic carbocycles. The van der Waals surface area contributed by atoms with Crippen LogP contribution in [-0.4, -0.2) is 9.55 Å². The lowest BCUT2D eigenvalue weighted by molar-refractivity contribution is -0.137. The molecule has 0 unspecified atom stereocenters. The molecule has 0 spiro atoms. The largest absolute Gasteiger partial charge is 0.416 e. The minimum Gasteiger partial charge on any atom is -0.327 e. The first kappa shape index (κ1) is 15.8. The fraction of sp³-hybridized carbons (Fsp3) is 0.118. The highest BCUT2D eigenvalue weighted by molar-refractivity contribution is 9.10. The number of alkyl halides is 3. The van der Waals surface area contributed by atoms with E-state index in [1.165, 1.54) is 12.1 Å². The Morgan fingerprint density at radius 1 is 1.04 bits per heavy atom. The van der Waals surface area contributed by atoms with Gasteiger partial charge in [-0.25, -0.2) is 4.98 Å². The summed E-state index contributed by atoms with van der Waals surface area (Å²) in [5.74, 6) is 0.770. The minimum absolute atomic E-state index is 0.458. The molecular formula is C17H12BrF3N2. The van der Waals surface area contributed by atoms with Crippen LogP contribution in [0.15, 0.2) is 65.4 Å². The second-order valence-corrected chi connectivity index (χ2v) is 6.00. The van der Waals surface area contributed by atoms with Crippen molar-refractivity contribution in [3.63, 3.8) is 0 Å². The molecule has 0 atom stereocenters. The maximum absolute atomic E-state index is 12.6. The fourth-order valence-electron chi connectivity index (χ4n) is 2.32. The Hall–Kier alpha value is -2.08.